The third-order valence-electron chi connectivity index (χ3n) is 0.534. The van der Waals surface area contributed by atoms with Crippen LogP contribution in [0.4, 0.5) is 0 Å². The maximum atomic E-state index is 5.14. The first-order chi connectivity index (χ1) is 3.31. The Morgan fingerprint density at radius 2 is 2.57 bits per heavy atom. The predicted molar refractivity (Wildman–Crippen MR) is 44.2 cm³/mol. The van der Waals surface area contributed by atoms with Gasteiger partial charge in [-0.3, -0.25) is 5.14 Å². The first-order valence-electron chi connectivity index (χ1n) is 2.01. The third-order valence-corrected chi connectivity index (χ3v) is 2.45. The summed E-state index contributed by atoms with van der Waals surface area (Å²) in [4.78, 5) is 0. The standard InChI is InChI=1S/C4H8INS/c1-2-4(5)3-7-6/h3H,2,6H2,1H3/b4-3+. The Hall–Kier alpha value is 0.780. The van der Waals surface area contributed by atoms with Crippen LogP contribution in [-0.2, 0) is 0 Å². The summed E-state index contributed by atoms with van der Waals surface area (Å²) in [5.74, 6) is 0. The highest BCUT2D eigenvalue weighted by atomic mass is 127. The zero-order chi connectivity index (χ0) is 5.70. The molecule has 1 nitrogen and oxygen atoms in total. The highest BCUT2D eigenvalue weighted by Crippen LogP contribution is 2.12. The predicted octanol–water partition coefficient (Wildman–Crippen LogP) is 2.28. The van der Waals surface area contributed by atoms with Crippen LogP contribution in [0.15, 0.2) is 8.99 Å². The van der Waals surface area contributed by atoms with Crippen LogP contribution < -0.4 is 5.14 Å². The summed E-state index contributed by atoms with van der Waals surface area (Å²) in [6.07, 6.45) is 1.09. The van der Waals surface area contributed by atoms with Crippen LogP contribution in [0.25, 0.3) is 0 Å². The van der Waals surface area contributed by atoms with Crippen molar-refractivity contribution >= 4 is 34.5 Å². The Kier molecular flexibility index (Phi) is 5.48. The molecule has 0 radical (unpaired) electrons. The van der Waals surface area contributed by atoms with Crippen LogP contribution >= 0.6 is 34.5 Å². The smallest absolute Gasteiger partial charge is 0.00209 e. The minimum atomic E-state index is 1.09. The normalized spacial score (nSPS) is 12.1. The van der Waals surface area contributed by atoms with Gasteiger partial charge < -0.3 is 0 Å². The summed E-state index contributed by atoms with van der Waals surface area (Å²) >= 11 is 3.53. The molecular formula is C4H8INS. The van der Waals surface area contributed by atoms with Crippen molar-refractivity contribution in [3.63, 3.8) is 0 Å². The van der Waals surface area contributed by atoms with Crippen molar-refractivity contribution in [1.82, 2.24) is 0 Å². The van der Waals surface area contributed by atoms with Gasteiger partial charge in [0.25, 0.3) is 0 Å². The van der Waals surface area contributed by atoms with E-state index in [4.69, 9.17) is 5.14 Å². The fraction of sp³-hybridized carbons (Fsp3) is 0.500. The molecule has 0 aliphatic rings. The van der Waals surface area contributed by atoms with E-state index in [-0.39, 0.29) is 0 Å². The zero-order valence-corrected chi connectivity index (χ0v) is 7.12. The van der Waals surface area contributed by atoms with Crippen molar-refractivity contribution in [3.05, 3.63) is 8.99 Å². The van der Waals surface area contributed by atoms with Crippen LogP contribution in [0.2, 0.25) is 0 Å². The van der Waals surface area contributed by atoms with E-state index in [0.717, 1.165) is 6.42 Å². The van der Waals surface area contributed by atoms with Gasteiger partial charge in [-0.25, -0.2) is 0 Å². The summed E-state index contributed by atoms with van der Waals surface area (Å²) in [7, 11) is 0. The molecule has 0 rings (SSSR count). The SMILES string of the molecule is CC/C(I)=C\SN. The van der Waals surface area contributed by atoms with Gasteiger partial charge in [0.2, 0.25) is 0 Å². The van der Waals surface area contributed by atoms with E-state index in [1.54, 1.807) is 0 Å². The molecule has 0 saturated heterocycles. The van der Waals surface area contributed by atoms with Crippen molar-refractivity contribution < 1.29 is 0 Å². The average molecular weight is 229 g/mol. The quantitative estimate of drug-likeness (QED) is 0.580. The Balaban J connectivity index is 3.29. The van der Waals surface area contributed by atoms with Gasteiger partial charge in [-0.2, -0.15) is 0 Å². The molecule has 0 aromatic heterocycles. The van der Waals surface area contributed by atoms with Crippen molar-refractivity contribution in [3.8, 4) is 0 Å². The molecule has 0 saturated carbocycles. The molecular weight excluding hydrogens is 221 g/mol. The zero-order valence-electron chi connectivity index (χ0n) is 4.15. The van der Waals surface area contributed by atoms with E-state index in [1.807, 2.05) is 5.41 Å². The monoisotopic (exact) mass is 229 g/mol. The summed E-state index contributed by atoms with van der Waals surface area (Å²) in [5.41, 5.74) is 0. The molecule has 0 aromatic rings. The summed E-state index contributed by atoms with van der Waals surface area (Å²) in [6.45, 7) is 2.11. The minimum Gasteiger partial charge on any atom is -0.274 e. The van der Waals surface area contributed by atoms with Gasteiger partial charge in [0.05, 0.1) is 0 Å². The van der Waals surface area contributed by atoms with Crippen LogP contribution in [0.3, 0.4) is 0 Å². The Morgan fingerprint density at radius 3 is 2.71 bits per heavy atom. The second-order valence-electron chi connectivity index (χ2n) is 1.05. The molecule has 7 heavy (non-hydrogen) atoms. The van der Waals surface area contributed by atoms with Gasteiger partial charge in [-0.05, 0) is 38.0 Å². The Labute approximate surface area is 62.0 Å². The fourth-order valence-corrected chi connectivity index (χ4v) is 0.912. The van der Waals surface area contributed by atoms with Gasteiger partial charge in [0.1, 0.15) is 0 Å². The lowest BCUT2D eigenvalue weighted by Crippen LogP contribution is -1.70. The highest BCUT2D eigenvalue weighted by molar-refractivity contribution is 14.1. The van der Waals surface area contributed by atoms with Crippen LogP contribution in [0.5, 0.6) is 0 Å². The lowest BCUT2D eigenvalue weighted by Gasteiger charge is -1.85. The van der Waals surface area contributed by atoms with E-state index in [1.165, 1.54) is 15.5 Å². The first-order valence-corrected chi connectivity index (χ1v) is 4.03. The number of hydrogen-bond donors (Lipinski definition) is 1. The van der Waals surface area contributed by atoms with Gasteiger partial charge >= 0.3 is 0 Å². The molecule has 3 heteroatoms. The number of nitrogens with two attached hydrogens (primary N) is 1. The van der Waals surface area contributed by atoms with Gasteiger partial charge in [0.15, 0.2) is 0 Å². The number of allylic oxidation sites excluding steroid dienone is 1. The summed E-state index contributed by atoms with van der Waals surface area (Å²) in [6, 6.07) is 0. The molecule has 0 atom stereocenters. The summed E-state index contributed by atoms with van der Waals surface area (Å²) in [5, 5.41) is 7.09. The maximum Gasteiger partial charge on any atom is -0.00209 e. The minimum absolute atomic E-state index is 1.09. The largest absolute Gasteiger partial charge is 0.274 e. The molecule has 42 valence electrons. The van der Waals surface area contributed by atoms with Crippen molar-refractivity contribution in [2.24, 2.45) is 5.14 Å². The van der Waals surface area contributed by atoms with Crippen LogP contribution in [0, 0.1) is 0 Å². The molecule has 0 aromatic carbocycles. The van der Waals surface area contributed by atoms with Crippen molar-refractivity contribution in [2.75, 3.05) is 0 Å². The third kappa shape index (κ3) is 4.64. The van der Waals surface area contributed by atoms with Crippen LogP contribution in [0.1, 0.15) is 13.3 Å². The number of halogens is 1. The maximum absolute atomic E-state index is 5.14. The van der Waals surface area contributed by atoms with E-state index in [9.17, 15) is 0 Å². The molecule has 0 aliphatic carbocycles. The topological polar surface area (TPSA) is 26.0 Å². The Morgan fingerprint density at radius 1 is 2.00 bits per heavy atom. The highest BCUT2D eigenvalue weighted by Gasteiger charge is 1.80. The average Bonchev–Trinajstić information content (AvgIpc) is 1.68. The number of hydrogen-bond acceptors (Lipinski definition) is 2. The van der Waals surface area contributed by atoms with E-state index in [0.29, 0.717) is 0 Å². The second kappa shape index (κ2) is 4.93. The van der Waals surface area contributed by atoms with E-state index >= 15 is 0 Å². The Bertz CT molecular complexity index is 72.1. The lowest BCUT2D eigenvalue weighted by atomic mass is 10.5. The molecule has 2 N–H and O–H groups in total. The van der Waals surface area contributed by atoms with E-state index < -0.39 is 0 Å². The van der Waals surface area contributed by atoms with E-state index in [2.05, 4.69) is 29.5 Å². The molecule has 0 unspecified atom stereocenters. The number of rotatable bonds is 2. The molecule has 0 amide bonds. The molecule has 0 spiro atoms. The first kappa shape index (κ1) is 7.78. The van der Waals surface area contributed by atoms with Gasteiger partial charge in [-0.15, -0.1) is 0 Å². The lowest BCUT2D eigenvalue weighted by molar-refractivity contribution is 1.22. The summed E-state index contributed by atoms with van der Waals surface area (Å²) < 4.78 is 1.31. The fourth-order valence-electron chi connectivity index (χ4n) is 0.157. The molecule has 0 aliphatic heterocycles. The molecule has 0 fully saturated rings. The second-order valence-corrected chi connectivity index (χ2v) is 2.95. The van der Waals surface area contributed by atoms with Gasteiger partial charge in [0, 0.05) is 0 Å². The molecule has 0 bridgehead atoms. The van der Waals surface area contributed by atoms with Gasteiger partial charge in [-0.1, -0.05) is 18.9 Å². The van der Waals surface area contributed by atoms with Crippen molar-refractivity contribution in [2.45, 2.75) is 13.3 Å². The van der Waals surface area contributed by atoms with Crippen molar-refractivity contribution in [1.29, 1.82) is 0 Å². The van der Waals surface area contributed by atoms with Crippen LogP contribution in [-0.4, -0.2) is 0 Å². The molecule has 0 heterocycles.